The van der Waals surface area contributed by atoms with Crippen LogP contribution in [0.4, 0.5) is 10.5 Å². The number of carbonyl (C=O) groups excluding carboxylic acids is 1. The number of hydrogen-bond acceptors (Lipinski definition) is 2. The molecule has 4 rings (SSSR count). The van der Waals surface area contributed by atoms with Gasteiger partial charge in [0.25, 0.3) is 0 Å². The molecule has 0 atom stereocenters. The molecule has 2 aromatic carbocycles. The first kappa shape index (κ1) is 18.6. The monoisotopic (exact) mass is 376 g/mol. The molecule has 28 heavy (non-hydrogen) atoms. The summed E-state index contributed by atoms with van der Waals surface area (Å²) in [5.74, 6) is 0. The van der Waals surface area contributed by atoms with Crippen LogP contribution in [-0.2, 0) is 6.42 Å². The first-order valence-electron chi connectivity index (χ1n) is 10.0. The molecule has 0 radical (unpaired) electrons. The number of para-hydroxylation sites is 1. The normalized spacial score (nSPS) is 15.1. The lowest BCUT2D eigenvalue weighted by Gasteiger charge is -2.34. The molecule has 0 aliphatic carbocycles. The van der Waals surface area contributed by atoms with Crippen molar-refractivity contribution < 1.29 is 4.79 Å². The number of hydrogen-bond donors (Lipinski definition) is 2. The molecule has 0 spiro atoms. The van der Waals surface area contributed by atoms with E-state index < -0.39 is 0 Å². The zero-order valence-corrected chi connectivity index (χ0v) is 16.7. The molecule has 5 heteroatoms. The van der Waals surface area contributed by atoms with E-state index in [0.29, 0.717) is 0 Å². The summed E-state index contributed by atoms with van der Waals surface area (Å²) in [5.41, 5.74) is 5.72. The van der Waals surface area contributed by atoms with E-state index in [1.54, 1.807) is 0 Å². The number of aryl methyl sites for hydroxylation is 2. The zero-order chi connectivity index (χ0) is 19.5. The van der Waals surface area contributed by atoms with E-state index in [1.165, 1.54) is 16.5 Å². The number of aromatic nitrogens is 1. The Balaban J connectivity index is 1.28. The third-order valence-corrected chi connectivity index (χ3v) is 5.67. The Bertz CT molecular complexity index is 970. The summed E-state index contributed by atoms with van der Waals surface area (Å²) in [4.78, 5) is 20.3. The van der Waals surface area contributed by atoms with Gasteiger partial charge in [-0.05, 0) is 49.1 Å². The molecular formula is C23H28N4O. The lowest BCUT2D eigenvalue weighted by Crippen LogP contribution is -2.50. The van der Waals surface area contributed by atoms with Crippen molar-refractivity contribution in [2.75, 3.05) is 38.0 Å². The van der Waals surface area contributed by atoms with Crippen molar-refractivity contribution in [3.63, 3.8) is 0 Å². The second kappa shape index (κ2) is 8.07. The van der Waals surface area contributed by atoms with E-state index >= 15 is 0 Å². The van der Waals surface area contributed by atoms with Crippen molar-refractivity contribution >= 4 is 22.6 Å². The minimum atomic E-state index is 0.00461. The van der Waals surface area contributed by atoms with Gasteiger partial charge in [0.2, 0.25) is 0 Å². The summed E-state index contributed by atoms with van der Waals surface area (Å²) >= 11 is 0. The highest BCUT2D eigenvalue weighted by Gasteiger charge is 2.21. The quantitative estimate of drug-likeness (QED) is 0.718. The Morgan fingerprint density at radius 3 is 2.68 bits per heavy atom. The van der Waals surface area contributed by atoms with Crippen molar-refractivity contribution in [3.8, 4) is 0 Å². The van der Waals surface area contributed by atoms with E-state index in [2.05, 4.69) is 51.7 Å². The lowest BCUT2D eigenvalue weighted by molar-refractivity contribution is 0.148. The van der Waals surface area contributed by atoms with Crippen LogP contribution in [0.15, 0.2) is 48.7 Å². The average molecular weight is 377 g/mol. The molecule has 0 unspecified atom stereocenters. The minimum absolute atomic E-state index is 0.00461. The number of urea groups is 1. The number of anilines is 1. The fourth-order valence-electron chi connectivity index (χ4n) is 3.86. The first-order valence-corrected chi connectivity index (χ1v) is 10.0. The van der Waals surface area contributed by atoms with Crippen LogP contribution < -0.4 is 5.32 Å². The highest BCUT2D eigenvalue weighted by Crippen LogP contribution is 2.19. The molecular weight excluding hydrogens is 348 g/mol. The number of nitrogens with zero attached hydrogens (tertiary/aromatic N) is 2. The van der Waals surface area contributed by atoms with Gasteiger partial charge in [-0.1, -0.05) is 30.3 Å². The van der Waals surface area contributed by atoms with E-state index in [1.807, 2.05) is 30.9 Å². The van der Waals surface area contributed by atoms with Gasteiger partial charge < -0.3 is 15.2 Å². The van der Waals surface area contributed by atoms with E-state index in [9.17, 15) is 4.79 Å². The van der Waals surface area contributed by atoms with Crippen LogP contribution in [0.3, 0.4) is 0 Å². The van der Waals surface area contributed by atoms with Crippen LogP contribution in [0.25, 0.3) is 10.9 Å². The third kappa shape index (κ3) is 4.04. The molecule has 1 fully saturated rings. The molecule has 5 nitrogen and oxygen atoms in total. The number of fused-ring (bicyclic) bond motifs is 1. The van der Waals surface area contributed by atoms with Gasteiger partial charge in [0.1, 0.15) is 0 Å². The fourth-order valence-corrected chi connectivity index (χ4v) is 3.86. The van der Waals surface area contributed by atoms with Crippen LogP contribution in [-0.4, -0.2) is 53.5 Å². The van der Waals surface area contributed by atoms with Gasteiger partial charge in [0.15, 0.2) is 0 Å². The van der Waals surface area contributed by atoms with Crippen LogP contribution in [0, 0.1) is 13.8 Å². The second-order valence-electron chi connectivity index (χ2n) is 7.69. The summed E-state index contributed by atoms with van der Waals surface area (Å²) in [7, 11) is 0. The second-order valence-corrected chi connectivity index (χ2v) is 7.69. The van der Waals surface area contributed by atoms with Gasteiger partial charge in [0.05, 0.1) is 0 Å². The molecule has 146 valence electrons. The van der Waals surface area contributed by atoms with Crippen LogP contribution in [0.2, 0.25) is 0 Å². The Labute approximate surface area is 166 Å². The minimum Gasteiger partial charge on any atom is -0.361 e. The third-order valence-electron chi connectivity index (χ3n) is 5.67. The predicted molar refractivity (Wildman–Crippen MR) is 115 cm³/mol. The smallest absolute Gasteiger partial charge is 0.321 e. The molecule has 2 amide bonds. The van der Waals surface area contributed by atoms with Gasteiger partial charge in [-0.25, -0.2) is 4.79 Å². The van der Waals surface area contributed by atoms with Crippen molar-refractivity contribution in [1.82, 2.24) is 14.8 Å². The van der Waals surface area contributed by atoms with E-state index in [0.717, 1.165) is 56.0 Å². The van der Waals surface area contributed by atoms with Crippen molar-refractivity contribution in [2.24, 2.45) is 0 Å². The summed E-state index contributed by atoms with van der Waals surface area (Å²) in [6.07, 6.45) is 3.15. The van der Waals surface area contributed by atoms with Gasteiger partial charge in [-0.15, -0.1) is 0 Å². The number of H-pyrrole nitrogens is 1. The molecule has 1 aromatic heterocycles. The molecule has 0 bridgehead atoms. The Kier molecular flexibility index (Phi) is 5.35. The van der Waals surface area contributed by atoms with Crippen LogP contribution in [0.5, 0.6) is 0 Å². The number of aromatic amines is 1. The van der Waals surface area contributed by atoms with Crippen molar-refractivity contribution in [1.29, 1.82) is 0 Å². The maximum atomic E-state index is 12.6. The molecule has 2 N–H and O–H groups in total. The number of piperazine rings is 1. The van der Waals surface area contributed by atoms with Gasteiger partial charge in [-0.3, -0.25) is 4.90 Å². The molecule has 3 aromatic rings. The van der Waals surface area contributed by atoms with E-state index in [4.69, 9.17) is 0 Å². The SMILES string of the molecule is Cc1ccc(C)c(NC(=O)N2CCN(CCc3c[nH]c4ccccc34)CC2)c1. The molecule has 1 aliphatic rings. The maximum Gasteiger partial charge on any atom is 0.321 e. The predicted octanol–water partition coefficient (Wildman–Crippen LogP) is 4.18. The summed E-state index contributed by atoms with van der Waals surface area (Å²) < 4.78 is 0. The van der Waals surface area contributed by atoms with Crippen LogP contribution >= 0.6 is 0 Å². The van der Waals surface area contributed by atoms with E-state index in [-0.39, 0.29) is 6.03 Å². The zero-order valence-electron chi connectivity index (χ0n) is 16.7. The standard InChI is InChI=1S/C23H28N4O/c1-17-7-8-18(2)22(15-17)25-23(28)27-13-11-26(12-14-27)10-9-19-16-24-21-6-4-3-5-20(19)21/h3-8,15-16,24H,9-14H2,1-2H3,(H,25,28). The molecule has 2 heterocycles. The number of nitrogens with one attached hydrogen (secondary N) is 2. The highest BCUT2D eigenvalue weighted by atomic mass is 16.2. The van der Waals surface area contributed by atoms with Crippen molar-refractivity contribution in [3.05, 3.63) is 65.4 Å². The summed E-state index contributed by atoms with van der Waals surface area (Å²) in [6.45, 7) is 8.47. The Morgan fingerprint density at radius 1 is 1.07 bits per heavy atom. The molecule has 1 aliphatic heterocycles. The summed E-state index contributed by atoms with van der Waals surface area (Å²) in [6, 6.07) is 14.6. The highest BCUT2D eigenvalue weighted by molar-refractivity contribution is 5.90. The largest absolute Gasteiger partial charge is 0.361 e. The Morgan fingerprint density at radius 2 is 1.86 bits per heavy atom. The van der Waals surface area contributed by atoms with Gasteiger partial charge in [0, 0.05) is 55.5 Å². The number of rotatable bonds is 4. The molecule has 0 saturated carbocycles. The van der Waals surface area contributed by atoms with Gasteiger partial charge in [-0.2, -0.15) is 0 Å². The number of benzene rings is 2. The average Bonchev–Trinajstić information content (AvgIpc) is 3.13. The van der Waals surface area contributed by atoms with Crippen LogP contribution in [0.1, 0.15) is 16.7 Å². The summed E-state index contributed by atoms with van der Waals surface area (Å²) in [5, 5.41) is 4.39. The van der Waals surface area contributed by atoms with Gasteiger partial charge >= 0.3 is 6.03 Å². The molecule has 1 saturated heterocycles. The topological polar surface area (TPSA) is 51.4 Å². The maximum absolute atomic E-state index is 12.6. The first-order chi connectivity index (χ1) is 13.6. The fraction of sp³-hybridized carbons (Fsp3) is 0.348. The number of carbonyl (C=O) groups is 1. The Hall–Kier alpha value is -2.79. The van der Waals surface area contributed by atoms with Crippen molar-refractivity contribution in [2.45, 2.75) is 20.3 Å². The number of amides is 2. The lowest BCUT2D eigenvalue weighted by atomic mass is 10.1.